The molecule has 1 aromatic rings. The zero-order valence-electron chi connectivity index (χ0n) is 12.5. The highest BCUT2D eigenvalue weighted by molar-refractivity contribution is 7.89. The molecule has 1 aromatic heterocycles. The first-order valence-electron chi connectivity index (χ1n) is 7.19. The number of sulfonamides is 1. The molecule has 0 unspecified atom stereocenters. The zero-order chi connectivity index (χ0) is 15.7. The van der Waals surface area contributed by atoms with Crippen molar-refractivity contribution in [1.29, 1.82) is 5.41 Å². The van der Waals surface area contributed by atoms with Crippen LogP contribution in [0.5, 0.6) is 0 Å². The van der Waals surface area contributed by atoms with E-state index in [1.54, 1.807) is 4.57 Å². The first-order valence-corrected chi connectivity index (χ1v) is 8.67. The number of nitrogens with one attached hydrogen (secondary N) is 2. The average Bonchev–Trinajstić information content (AvgIpc) is 2.91. The zero-order valence-corrected chi connectivity index (χ0v) is 13.3. The van der Waals surface area contributed by atoms with E-state index in [0.29, 0.717) is 25.3 Å². The second-order valence-electron chi connectivity index (χ2n) is 5.83. The Labute approximate surface area is 125 Å². The molecule has 1 aliphatic rings. The van der Waals surface area contributed by atoms with Gasteiger partial charge in [-0.2, -0.15) is 4.72 Å². The van der Waals surface area contributed by atoms with Crippen LogP contribution >= 0.6 is 0 Å². The molecule has 7 nitrogen and oxygen atoms in total. The Kier molecular flexibility index (Phi) is 4.38. The van der Waals surface area contributed by atoms with Gasteiger partial charge in [-0.15, -0.1) is 0 Å². The minimum absolute atomic E-state index is 0.0244. The third-order valence-corrected chi connectivity index (χ3v) is 5.64. The summed E-state index contributed by atoms with van der Waals surface area (Å²) in [5, 5.41) is 7.79. The molecule has 0 radical (unpaired) electrons. The second kappa shape index (κ2) is 5.76. The van der Waals surface area contributed by atoms with E-state index in [-0.39, 0.29) is 10.9 Å². The van der Waals surface area contributed by atoms with E-state index in [0.717, 1.165) is 12.8 Å². The maximum Gasteiger partial charge on any atom is 0.260 e. The van der Waals surface area contributed by atoms with Crippen molar-refractivity contribution in [2.24, 2.45) is 11.7 Å². The van der Waals surface area contributed by atoms with Gasteiger partial charge in [-0.05, 0) is 38.5 Å². The van der Waals surface area contributed by atoms with Crippen molar-refractivity contribution in [1.82, 2.24) is 14.3 Å². The average molecular weight is 313 g/mol. The van der Waals surface area contributed by atoms with E-state index in [2.05, 4.69) is 16.6 Å². The summed E-state index contributed by atoms with van der Waals surface area (Å²) in [7, 11) is -3.77. The number of nitrogens with two attached hydrogens (primary N) is 1. The summed E-state index contributed by atoms with van der Waals surface area (Å²) < 4.78 is 29.3. The molecule has 8 heteroatoms. The van der Waals surface area contributed by atoms with E-state index in [1.807, 2.05) is 6.92 Å². The van der Waals surface area contributed by atoms with Crippen LogP contribution in [0.3, 0.4) is 0 Å². The lowest BCUT2D eigenvalue weighted by Gasteiger charge is -2.38. The number of amidine groups is 1. The van der Waals surface area contributed by atoms with Gasteiger partial charge in [0.15, 0.2) is 5.03 Å². The van der Waals surface area contributed by atoms with E-state index in [4.69, 9.17) is 11.1 Å². The van der Waals surface area contributed by atoms with Gasteiger partial charge < -0.3 is 10.3 Å². The molecule has 0 amide bonds. The lowest BCUT2D eigenvalue weighted by Crippen LogP contribution is -2.58. The van der Waals surface area contributed by atoms with Crippen LogP contribution in [0.4, 0.5) is 0 Å². The summed E-state index contributed by atoms with van der Waals surface area (Å²) in [6.07, 6.45) is 5.78. The van der Waals surface area contributed by atoms with Gasteiger partial charge in [-0.1, -0.05) is 6.92 Å². The maximum absolute atomic E-state index is 12.5. The van der Waals surface area contributed by atoms with Crippen LogP contribution in [0.25, 0.3) is 0 Å². The largest absolute Gasteiger partial charge is 0.386 e. The number of nitrogens with zero attached hydrogens (tertiary/aromatic N) is 2. The van der Waals surface area contributed by atoms with E-state index in [1.165, 1.54) is 12.5 Å². The van der Waals surface area contributed by atoms with E-state index in [9.17, 15) is 8.42 Å². The third-order valence-electron chi connectivity index (χ3n) is 4.22. The van der Waals surface area contributed by atoms with Gasteiger partial charge in [0.1, 0.15) is 5.84 Å². The minimum atomic E-state index is -3.77. The van der Waals surface area contributed by atoms with Crippen LogP contribution in [0.1, 0.15) is 39.5 Å². The Bertz CT molecular complexity index is 614. The fraction of sp³-hybridized carbons (Fsp3) is 0.692. The maximum atomic E-state index is 12.5. The Hall–Kier alpha value is -1.41. The number of aromatic nitrogens is 2. The highest BCUT2D eigenvalue weighted by Gasteiger charge is 2.41. The molecule has 2 rings (SSSR count). The third kappa shape index (κ3) is 3.26. The van der Waals surface area contributed by atoms with Crippen molar-refractivity contribution in [3.05, 3.63) is 12.5 Å². The monoisotopic (exact) mass is 313 g/mol. The number of imidazole rings is 1. The van der Waals surface area contributed by atoms with Gasteiger partial charge in [0.05, 0.1) is 11.9 Å². The summed E-state index contributed by atoms with van der Waals surface area (Å²) in [6, 6.07) is 0. The van der Waals surface area contributed by atoms with Crippen molar-refractivity contribution < 1.29 is 8.42 Å². The van der Waals surface area contributed by atoms with E-state index >= 15 is 0 Å². The summed E-state index contributed by atoms with van der Waals surface area (Å²) in [5.41, 5.74) is 4.72. The lowest BCUT2D eigenvalue weighted by molar-refractivity contribution is 0.285. The van der Waals surface area contributed by atoms with Crippen molar-refractivity contribution in [2.75, 3.05) is 0 Å². The molecule has 0 bridgehead atoms. The summed E-state index contributed by atoms with van der Waals surface area (Å²) in [5.74, 6) is 0.411. The van der Waals surface area contributed by atoms with Crippen LogP contribution in [0.15, 0.2) is 17.6 Å². The van der Waals surface area contributed by atoms with Crippen molar-refractivity contribution in [3.8, 4) is 0 Å². The standard InChI is InChI=1S/C13H23N5O2S/c1-3-18-8-11(16-9-18)21(19,20)17-13(12(14)15)6-4-10(2)5-7-13/h8-10,17H,3-7H2,1-2H3,(H3,14,15). The predicted octanol–water partition coefficient (Wildman–Crippen LogP) is 1.07. The molecular formula is C13H23N5O2S. The summed E-state index contributed by atoms with van der Waals surface area (Å²) in [6.45, 7) is 4.68. The molecule has 21 heavy (non-hydrogen) atoms. The molecule has 0 aliphatic heterocycles. The fourth-order valence-corrected chi connectivity index (χ4v) is 4.04. The SMILES string of the molecule is CCn1cnc(S(=O)(=O)NC2(C(=N)N)CCC(C)CC2)c1. The quantitative estimate of drug-likeness (QED) is 0.557. The normalized spacial score (nSPS) is 26.7. The van der Waals surface area contributed by atoms with Gasteiger partial charge in [-0.25, -0.2) is 13.4 Å². The van der Waals surface area contributed by atoms with Crippen molar-refractivity contribution in [2.45, 2.75) is 56.6 Å². The first-order chi connectivity index (χ1) is 9.79. The predicted molar refractivity (Wildman–Crippen MR) is 80.5 cm³/mol. The van der Waals surface area contributed by atoms with Crippen molar-refractivity contribution in [3.63, 3.8) is 0 Å². The molecule has 4 N–H and O–H groups in total. The summed E-state index contributed by atoms with van der Waals surface area (Å²) >= 11 is 0. The number of hydrogen-bond acceptors (Lipinski definition) is 4. The topological polar surface area (TPSA) is 114 Å². The molecule has 1 aliphatic carbocycles. The summed E-state index contributed by atoms with van der Waals surface area (Å²) in [4.78, 5) is 3.93. The van der Waals surface area contributed by atoms with E-state index < -0.39 is 15.6 Å². The Morgan fingerprint density at radius 2 is 2.19 bits per heavy atom. The molecular weight excluding hydrogens is 290 g/mol. The molecule has 0 saturated heterocycles. The lowest BCUT2D eigenvalue weighted by atomic mass is 9.77. The molecule has 0 spiro atoms. The molecule has 118 valence electrons. The molecule has 1 heterocycles. The molecule has 0 atom stereocenters. The highest BCUT2D eigenvalue weighted by atomic mass is 32.2. The van der Waals surface area contributed by atoms with Crippen molar-refractivity contribution >= 4 is 15.9 Å². The van der Waals surface area contributed by atoms with Crippen LogP contribution in [0, 0.1) is 11.3 Å². The Morgan fingerprint density at radius 1 is 1.57 bits per heavy atom. The Balaban J connectivity index is 2.26. The number of aryl methyl sites for hydroxylation is 1. The molecule has 1 fully saturated rings. The Morgan fingerprint density at radius 3 is 2.67 bits per heavy atom. The second-order valence-corrected chi connectivity index (χ2v) is 7.46. The van der Waals surface area contributed by atoms with Crippen LogP contribution in [0.2, 0.25) is 0 Å². The number of rotatable bonds is 5. The van der Waals surface area contributed by atoms with Crippen LogP contribution in [-0.2, 0) is 16.6 Å². The van der Waals surface area contributed by atoms with Gasteiger partial charge in [-0.3, -0.25) is 5.41 Å². The van der Waals surface area contributed by atoms with Gasteiger partial charge in [0.25, 0.3) is 10.0 Å². The van der Waals surface area contributed by atoms with Gasteiger partial charge in [0, 0.05) is 12.7 Å². The molecule has 1 saturated carbocycles. The van der Waals surface area contributed by atoms with Gasteiger partial charge >= 0.3 is 0 Å². The molecule has 0 aromatic carbocycles. The minimum Gasteiger partial charge on any atom is -0.386 e. The fourth-order valence-electron chi connectivity index (χ4n) is 2.64. The van der Waals surface area contributed by atoms with Crippen LogP contribution < -0.4 is 10.5 Å². The smallest absolute Gasteiger partial charge is 0.260 e. The first kappa shape index (κ1) is 16.0. The highest BCUT2D eigenvalue weighted by Crippen LogP contribution is 2.33. The van der Waals surface area contributed by atoms with Crippen LogP contribution in [-0.4, -0.2) is 29.3 Å². The van der Waals surface area contributed by atoms with Gasteiger partial charge in [0.2, 0.25) is 0 Å². The number of hydrogen-bond donors (Lipinski definition) is 3.